The van der Waals surface area contributed by atoms with E-state index in [4.69, 9.17) is 4.74 Å². The molecule has 3 aromatic heterocycles. The number of ether oxygens (including phenoxy) is 1. The van der Waals surface area contributed by atoms with Crippen LogP contribution in [-0.4, -0.2) is 37.8 Å². The number of pyridine rings is 1. The van der Waals surface area contributed by atoms with Gasteiger partial charge in [-0.2, -0.15) is 5.10 Å². The van der Waals surface area contributed by atoms with Gasteiger partial charge in [0.2, 0.25) is 5.65 Å². The number of halogens is 1. The van der Waals surface area contributed by atoms with Crippen LogP contribution < -0.4 is 20.5 Å². The van der Waals surface area contributed by atoms with Crippen LogP contribution in [0.5, 0.6) is 5.75 Å². The number of hydrogen-bond acceptors (Lipinski definition) is 6. The topological polar surface area (TPSA) is 93.8 Å². The number of carbonyl (C=O) groups excluding carboxylic acids is 1. The maximum Gasteiger partial charge on any atom is 0.412 e. The van der Waals surface area contributed by atoms with Crippen molar-refractivity contribution in [1.82, 2.24) is 24.5 Å². The van der Waals surface area contributed by atoms with Gasteiger partial charge in [-0.25, -0.2) is 18.7 Å². The van der Waals surface area contributed by atoms with Crippen LogP contribution in [0.1, 0.15) is 38.3 Å². The molecule has 158 valence electrons. The van der Waals surface area contributed by atoms with Crippen molar-refractivity contribution < 1.29 is 13.9 Å². The van der Waals surface area contributed by atoms with E-state index >= 15 is 0 Å². The summed E-state index contributed by atoms with van der Waals surface area (Å²) in [5.74, 6) is 0.378. The SMILES string of the molecule is CC(C)NC(=O)Oc1cnn2ccc(N3CCC[C@@H]3c3cc(F)cn(C)c3=O)nc12. The molecule has 1 aliphatic heterocycles. The molecule has 1 atom stereocenters. The van der Waals surface area contributed by atoms with Crippen molar-refractivity contribution in [2.45, 2.75) is 38.8 Å². The Balaban J connectivity index is 1.68. The van der Waals surface area contributed by atoms with E-state index in [2.05, 4.69) is 15.4 Å². The quantitative estimate of drug-likeness (QED) is 0.705. The average Bonchev–Trinajstić information content (AvgIpc) is 3.31. The van der Waals surface area contributed by atoms with E-state index in [-0.39, 0.29) is 23.4 Å². The van der Waals surface area contributed by atoms with Gasteiger partial charge in [-0.1, -0.05) is 0 Å². The van der Waals surface area contributed by atoms with Crippen LogP contribution in [0.2, 0.25) is 0 Å². The van der Waals surface area contributed by atoms with E-state index in [0.717, 1.165) is 6.42 Å². The second-order valence-electron chi connectivity index (χ2n) is 7.63. The minimum atomic E-state index is -0.589. The maximum absolute atomic E-state index is 14.0. The molecule has 0 unspecified atom stereocenters. The summed E-state index contributed by atoms with van der Waals surface area (Å²) < 4.78 is 22.1. The van der Waals surface area contributed by atoms with Gasteiger partial charge < -0.3 is 19.5 Å². The van der Waals surface area contributed by atoms with E-state index in [0.29, 0.717) is 30.0 Å². The summed E-state index contributed by atoms with van der Waals surface area (Å²) in [7, 11) is 1.54. The van der Waals surface area contributed by atoms with Crippen molar-refractivity contribution in [1.29, 1.82) is 0 Å². The Kier molecular flexibility index (Phi) is 5.15. The van der Waals surface area contributed by atoms with Crippen molar-refractivity contribution in [2.24, 2.45) is 7.05 Å². The zero-order valence-electron chi connectivity index (χ0n) is 17.0. The normalized spacial score (nSPS) is 16.4. The number of rotatable bonds is 4. The number of amides is 1. The Labute approximate surface area is 172 Å². The molecule has 1 saturated heterocycles. The summed E-state index contributed by atoms with van der Waals surface area (Å²) in [6.45, 7) is 4.33. The third-order valence-corrected chi connectivity index (χ3v) is 5.01. The second-order valence-corrected chi connectivity index (χ2v) is 7.63. The highest BCUT2D eigenvalue weighted by Gasteiger charge is 2.30. The van der Waals surface area contributed by atoms with Crippen molar-refractivity contribution in [2.75, 3.05) is 11.4 Å². The van der Waals surface area contributed by atoms with Gasteiger partial charge in [0.25, 0.3) is 5.56 Å². The van der Waals surface area contributed by atoms with Gasteiger partial charge in [-0.05, 0) is 38.8 Å². The number of nitrogens with zero attached hydrogens (tertiary/aromatic N) is 5. The molecule has 10 heteroatoms. The molecule has 0 aliphatic carbocycles. The summed E-state index contributed by atoms with van der Waals surface area (Å²) in [5.41, 5.74) is 0.551. The Morgan fingerprint density at radius 1 is 1.40 bits per heavy atom. The van der Waals surface area contributed by atoms with E-state index in [1.807, 2.05) is 18.7 Å². The van der Waals surface area contributed by atoms with Gasteiger partial charge in [0.05, 0.1) is 12.2 Å². The molecule has 4 heterocycles. The lowest BCUT2D eigenvalue weighted by atomic mass is 10.1. The van der Waals surface area contributed by atoms with E-state index in [1.165, 1.54) is 34.6 Å². The lowest BCUT2D eigenvalue weighted by Crippen LogP contribution is -2.32. The van der Waals surface area contributed by atoms with Gasteiger partial charge in [0.1, 0.15) is 11.6 Å². The number of carbonyl (C=O) groups is 1. The summed E-state index contributed by atoms with van der Waals surface area (Å²) in [5, 5.41) is 6.81. The molecule has 9 nitrogen and oxygen atoms in total. The first kappa shape index (κ1) is 19.9. The van der Waals surface area contributed by atoms with Crippen LogP contribution in [0.3, 0.4) is 0 Å². The molecule has 0 saturated carbocycles. The van der Waals surface area contributed by atoms with Gasteiger partial charge >= 0.3 is 6.09 Å². The third-order valence-electron chi connectivity index (χ3n) is 5.01. The first-order chi connectivity index (χ1) is 14.3. The predicted octanol–water partition coefficient (Wildman–Crippen LogP) is 2.41. The van der Waals surface area contributed by atoms with Gasteiger partial charge in [0.15, 0.2) is 5.75 Å². The summed E-state index contributed by atoms with van der Waals surface area (Å²) in [4.78, 5) is 31.1. The van der Waals surface area contributed by atoms with E-state index < -0.39 is 11.9 Å². The van der Waals surface area contributed by atoms with Crippen LogP contribution in [0.25, 0.3) is 5.65 Å². The molecule has 3 aromatic rings. The zero-order chi connectivity index (χ0) is 21.4. The smallest absolute Gasteiger partial charge is 0.405 e. The summed E-state index contributed by atoms with van der Waals surface area (Å²) in [6.07, 6.45) is 5.28. The first-order valence-electron chi connectivity index (χ1n) is 9.79. The number of nitrogens with one attached hydrogen (secondary N) is 1. The maximum atomic E-state index is 14.0. The lowest BCUT2D eigenvalue weighted by molar-refractivity contribution is 0.198. The van der Waals surface area contributed by atoms with E-state index in [9.17, 15) is 14.0 Å². The molecule has 0 aromatic carbocycles. The number of fused-ring (bicyclic) bond motifs is 1. The van der Waals surface area contributed by atoms with Crippen molar-refractivity contribution >= 4 is 17.6 Å². The molecule has 0 spiro atoms. The number of hydrogen-bond donors (Lipinski definition) is 1. The fourth-order valence-electron chi connectivity index (χ4n) is 3.73. The lowest BCUT2D eigenvalue weighted by Gasteiger charge is -2.26. The van der Waals surface area contributed by atoms with Crippen molar-refractivity contribution in [3.8, 4) is 5.75 Å². The van der Waals surface area contributed by atoms with Crippen molar-refractivity contribution in [3.05, 3.63) is 52.5 Å². The Hall–Kier alpha value is -3.43. The fourth-order valence-corrected chi connectivity index (χ4v) is 3.73. The third kappa shape index (κ3) is 3.72. The first-order valence-corrected chi connectivity index (χ1v) is 9.79. The second kappa shape index (κ2) is 7.77. The molecule has 1 N–H and O–H groups in total. The Morgan fingerprint density at radius 2 is 2.20 bits per heavy atom. The van der Waals surface area contributed by atoms with Crippen LogP contribution >= 0.6 is 0 Å². The molecule has 30 heavy (non-hydrogen) atoms. The molecule has 4 rings (SSSR count). The predicted molar refractivity (Wildman–Crippen MR) is 108 cm³/mol. The summed E-state index contributed by atoms with van der Waals surface area (Å²) in [6, 6.07) is 2.72. The highest BCUT2D eigenvalue weighted by Crippen LogP contribution is 2.34. The monoisotopic (exact) mass is 414 g/mol. The average molecular weight is 414 g/mol. The standard InChI is InChI=1S/C20H23FN6O3/c1-12(2)23-20(29)30-16-10-22-27-8-6-17(24-18(16)27)26-7-4-5-15(26)14-9-13(21)11-25(3)19(14)28/h6,8-12,15H,4-5,7H2,1-3H3,(H,23,29)/t15-/m1/s1. The van der Waals surface area contributed by atoms with Crippen LogP contribution in [0, 0.1) is 5.82 Å². The minimum Gasteiger partial charge on any atom is -0.405 e. The molecular formula is C20H23FN6O3. The molecular weight excluding hydrogens is 391 g/mol. The van der Waals surface area contributed by atoms with Crippen LogP contribution in [0.4, 0.5) is 15.0 Å². The van der Waals surface area contributed by atoms with Gasteiger partial charge in [-0.3, -0.25) is 4.79 Å². The zero-order valence-corrected chi connectivity index (χ0v) is 17.0. The molecule has 1 aliphatic rings. The minimum absolute atomic E-state index is 0.0675. The molecule has 1 amide bonds. The number of aryl methyl sites for hydroxylation is 1. The van der Waals surface area contributed by atoms with Crippen molar-refractivity contribution in [3.63, 3.8) is 0 Å². The number of anilines is 1. The van der Waals surface area contributed by atoms with Gasteiger partial charge in [-0.15, -0.1) is 0 Å². The molecule has 0 bridgehead atoms. The molecule has 1 fully saturated rings. The largest absolute Gasteiger partial charge is 0.412 e. The summed E-state index contributed by atoms with van der Waals surface area (Å²) >= 11 is 0. The Morgan fingerprint density at radius 3 is 2.97 bits per heavy atom. The highest BCUT2D eigenvalue weighted by molar-refractivity contribution is 5.73. The Bertz CT molecular complexity index is 1160. The van der Waals surface area contributed by atoms with Gasteiger partial charge in [0, 0.05) is 37.6 Å². The van der Waals surface area contributed by atoms with Crippen LogP contribution in [-0.2, 0) is 7.05 Å². The highest BCUT2D eigenvalue weighted by atomic mass is 19.1. The number of aromatic nitrogens is 4. The van der Waals surface area contributed by atoms with E-state index in [1.54, 1.807) is 12.3 Å². The fraction of sp³-hybridized carbons (Fsp3) is 0.400. The molecule has 0 radical (unpaired) electrons. The van der Waals surface area contributed by atoms with Crippen LogP contribution in [0.15, 0.2) is 35.5 Å².